The van der Waals surface area contributed by atoms with E-state index in [1.807, 2.05) is 0 Å². The zero-order valence-electron chi connectivity index (χ0n) is 17.8. The van der Waals surface area contributed by atoms with Gasteiger partial charge >= 0.3 is 12.4 Å². The van der Waals surface area contributed by atoms with Crippen LogP contribution in [-0.2, 0) is 18.8 Å². The number of carbonyl (C=O) groups is 1. The molecule has 2 aromatic carbocycles. The molecule has 5 nitrogen and oxygen atoms in total. The van der Waals surface area contributed by atoms with Crippen LogP contribution in [0.1, 0.15) is 27.0 Å². The van der Waals surface area contributed by atoms with Gasteiger partial charge in [-0.3, -0.25) is 4.79 Å². The van der Waals surface area contributed by atoms with Crippen LogP contribution in [-0.4, -0.2) is 50.7 Å². The molecule has 1 amide bonds. The highest BCUT2D eigenvalue weighted by Gasteiger charge is 2.36. The molecule has 180 valence electrons. The number of ether oxygens (including phenoxy) is 2. The Morgan fingerprint density at radius 3 is 2.36 bits per heavy atom. The van der Waals surface area contributed by atoms with Crippen molar-refractivity contribution >= 4 is 5.91 Å². The Morgan fingerprint density at radius 1 is 1.03 bits per heavy atom. The molecular formula is C22H22F6N2O3. The fourth-order valence-electron chi connectivity index (χ4n) is 3.75. The molecule has 0 unspecified atom stereocenters. The monoisotopic (exact) mass is 476 g/mol. The Balaban J connectivity index is 1.89. The fourth-order valence-corrected chi connectivity index (χ4v) is 3.75. The molecule has 1 aliphatic heterocycles. The number of methoxy groups -OCH3 is 2. The highest BCUT2D eigenvalue weighted by molar-refractivity contribution is 5.95. The van der Waals surface area contributed by atoms with Gasteiger partial charge in [0.05, 0.1) is 25.3 Å². The summed E-state index contributed by atoms with van der Waals surface area (Å²) >= 11 is 0. The molecule has 3 rings (SSSR count). The van der Waals surface area contributed by atoms with E-state index < -0.39 is 35.4 Å². The summed E-state index contributed by atoms with van der Waals surface area (Å²) in [6.45, 7) is 0.972. The van der Waals surface area contributed by atoms with Crippen molar-refractivity contribution in [3.05, 3.63) is 58.7 Å². The second-order valence-corrected chi connectivity index (χ2v) is 7.54. The van der Waals surface area contributed by atoms with Crippen molar-refractivity contribution in [2.24, 2.45) is 0 Å². The lowest BCUT2D eigenvalue weighted by atomic mass is 9.99. The van der Waals surface area contributed by atoms with Crippen molar-refractivity contribution in [1.82, 2.24) is 10.2 Å². The summed E-state index contributed by atoms with van der Waals surface area (Å²) in [5, 5.41) is 3.10. The quantitative estimate of drug-likeness (QED) is 0.651. The van der Waals surface area contributed by atoms with Crippen LogP contribution in [0.2, 0.25) is 0 Å². The third-order valence-corrected chi connectivity index (χ3v) is 5.37. The smallest absolute Gasteiger partial charge is 0.419 e. The molecule has 0 saturated carbocycles. The van der Waals surface area contributed by atoms with Crippen molar-refractivity contribution in [1.29, 1.82) is 0 Å². The van der Waals surface area contributed by atoms with Crippen LogP contribution in [0.15, 0.2) is 36.4 Å². The van der Waals surface area contributed by atoms with Gasteiger partial charge in [-0.2, -0.15) is 26.3 Å². The number of rotatable bonds is 5. The number of hydrogen-bond donors (Lipinski definition) is 1. The predicted molar refractivity (Wildman–Crippen MR) is 107 cm³/mol. The van der Waals surface area contributed by atoms with Gasteiger partial charge in [0.1, 0.15) is 11.5 Å². The second-order valence-electron chi connectivity index (χ2n) is 7.54. The van der Waals surface area contributed by atoms with E-state index in [9.17, 15) is 31.1 Å². The molecule has 2 aromatic rings. The lowest BCUT2D eigenvalue weighted by Crippen LogP contribution is -2.54. The largest absolute Gasteiger partial charge is 0.497 e. The van der Waals surface area contributed by atoms with Gasteiger partial charge in [-0.1, -0.05) is 6.07 Å². The zero-order chi connectivity index (χ0) is 24.4. The molecule has 1 atom stereocenters. The first kappa shape index (κ1) is 24.7. The minimum atomic E-state index is -4.66. The van der Waals surface area contributed by atoms with Crippen LogP contribution in [0.25, 0.3) is 0 Å². The number of carbonyl (C=O) groups excluding carboxylic acids is 1. The molecule has 11 heteroatoms. The summed E-state index contributed by atoms with van der Waals surface area (Å²) in [5.41, 5.74) is -1.62. The maximum atomic E-state index is 13.3. The van der Waals surface area contributed by atoms with Crippen LogP contribution in [0.4, 0.5) is 26.3 Å². The Labute approximate surface area is 186 Å². The number of piperazine rings is 1. The van der Waals surface area contributed by atoms with Gasteiger partial charge < -0.3 is 19.7 Å². The van der Waals surface area contributed by atoms with E-state index in [2.05, 4.69) is 5.32 Å². The Kier molecular flexibility index (Phi) is 7.11. The normalized spacial score (nSPS) is 17.1. The van der Waals surface area contributed by atoms with Crippen LogP contribution in [0.3, 0.4) is 0 Å². The summed E-state index contributed by atoms with van der Waals surface area (Å²) in [6.07, 6.45) is -9.06. The average molecular weight is 476 g/mol. The maximum Gasteiger partial charge on any atom is 0.419 e. The summed E-state index contributed by atoms with van der Waals surface area (Å²) in [6, 6.07) is 5.79. The van der Waals surface area contributed by atoms with Crippen LogP contribution in [0, 0.1) is 0 Å². The SMILES string of the molecule is COc1cc(C(=O)N2CCNC[C@H]2Cc2ccc(C(F)(F)F)c(OC)c2)cc(C(F)(F)F)c1. The zero-order valence-corrected chi connectivity index (χ0v) is 17.8. The minimum absolute atomic E-state index is 0.104. The van der Waals surface area contributed by atoms with Crippen molar-refractivity contribution in [3.63, 3.8) is 0 Å². The lowest BCUT2D eigenvalue weighted by molar-refractivity contribution is -0.139. The van der Waals surface area contributed by atoms with Crippen molar-refractivity contribution < 1.29 is 40.6 Å². The van der Waals surface area contributed by atoms with Crippen molar-refractivity contribution in [2.75, 3.05) is 33.9 Å². The molecule has 0 spiro atoms. The number of halogens is 6. The molecular weight excluding hydrogens is 454 g/mol. The molecule has 33 heavy (non-hydrogen) atoms. The summed E-state index contributed by atoms with van der Waals surface area (Å²) in [4.78, 5) is 14.6. The third kappa shape index (κ3) is 5.70. The van der Waals surface area contributed by atoms with Crippen LogP contribution < -0.4 is 14.8 Å². The molecule has 0 aliphatic carbocycles. The van der Waals surface area contributed by atoms with Gasteiger partial charge in [-0.15, -0.1) is 0 Å². The highest BCUT2D eigenvalue weighted by atomic mass is 19.4. The second kappa shape index (κ2) is 9.50. The standard InChI is InChI=1S/C22H22F6N2O3/c1-32-17-10-14(9-15(11-17)21(23,24)25)20(31)30-6-5-29-12-16(30)7-13-3-4-18(22(26,27)28)19(8-13)33-2/h3-4,8-11,16,29H,5-7,12H2,1-2H3/t16-/m1/s1. The number of amides is 1. The number of hydrogen-bond acceptors (Lipinski definition) is 4. The molecule has 0 radical (unpaired) electrons. The van der Waals surface area contributed by atoms with Gasteiger partial charge in [0, 0.05) is 31.2 Å². The van der Waals surface area contributed by atoms with E-state index in [1.165, 1.54) is 30.2 Å². The lowest BCUT2D eigenvalue weighted by Gasteiger charge is -2.36. The first-order valence-electron chi connectivity index (χ1n) is 9.96. The van der Waals surface area contributed by atoms with Crippen LogP contribution >= 0.6 is 0 Å². The number of alkyl halides is 6. The Hall–Kier alpha value is -2.95. The van der Waals surface area contributed by atoms with Crippen molar-refractivity contribution in [3.8, 4) is 11.5 Å². The number of nitrogens with one attached hydrogen (secondary N) is 1. The van der Waals surface area contributed by atoms with Gasteiger partial charge in [-0.05, 0) is 42.3 Å². The van der Waals surface area contributed by atoms with Gasteiger partial charge in [0.15, 0.2) is 0 Å². The van der Waals surface area contributed by atoms with E-state index >= 15 is 0 Å². The van der Waals surface area contributed by atoms with Gasteiger partial charge in [0.2, 0.25) is 0 Å². The minimum Gasteiger partial charge on any atom is -0.497 e. The highest BCUT2D eigenvalue weighted by Crippen LogP contribution is 2.37. The maximum absolute atomic E-state index is 13.3. The summed E-state index contributed by atoms with van der Waals surface area (Å²) in [5.74, 6) is -1.07. The molecule has 1 aliphatic rings. The molecule has 0 aromatic heterocycles. The summed E-state index contributed by atoms with van der Waals surface area (Å²) in [7, 11) is 2.34. The predicted octanol–water partition coefficient (Wildman–Crippen LogP) is 4.40. The Morgan fingerprint density at radius 2 is 1.76 bits per heavy atom. The van der Waals surface area contributed by atoms with Crippen molar-refractivity contribution in [2.45, 2.75) is 24.8 Å². The van der Waals surface area contributed by atoms with E-state index in [0.29, 0.717) is 18.7 Å². The van der Waals surface area contributed by atoms with E-state index in [0.717, 1.165) is 25.3 Å². The van der Waals surface area contributed by atoms with E-state index in [-0.39, 0.29) is 30.0 Å². The van der Waals surface area contributed by atoms with E-state index in [1.54, 1.807) is 0 Å². The average Bonchev–Trinajstić information content (AvgIpc) is 2.77. The first-order chi connectivity index (χ1) is 15.4. The van der Waals surface area contributed by atoms with E-state index in [4.69, 9.17) is 9.47 Å². The molecule has 1 fully saturated rings. The van der Waals surface area contributed by atoms with Crippen LogP contribution in [0.5, 0.6) is 11.5 Å². The fraction of sp³-hybridized carbons (Fsp3) is 0.409. The third-order valence-electron chi connectivity index (χ3n) is 5.37. The molecule has 0 bridgehead atoms. The first-order valence-corrected chi connectivity index (χ1v) is 9.96. The van der Waals surface area contributed by atoms with Gasteiger partial charge in [-0.25, -0.2) is 0 Å². The number of benzene rings is 2. The molecule has 1 N–H and O–H groups in total. The van der Waals surface area contributed by atoms with Gasteiger partial charge in [0.25, 0.3) is 5.91 Å². The number of nitrogens with zero attached hydrogens (tertiary/aromatic N) is 1. The Bertz CT molecular complexity index is 1010. The topological polar surface area (TPSA) is 50.8 Å². The molecule has 1 saturated heterocycles. The molecule has 1 heterocycles. The summed E-state index contributed by atoms with van der Waals surface area (Å²) < 4.78 is 89.0.